The normalized spacial score (nSPS) is 14.2. The van der Waals surface area contributed by atoms with Gasteiger partial charge in [-0.25, -0.2) is 9.78 Å². The number of imidazole rings is 1. The molecule has 3 aromatic heterocycles. The van der Waals surface area contributed by atoms with Crippen molar-refractivity contribution in [2.24, 2.45) is 0 Å². The van der Waals surface area contributed by atoms with Gasteiger partial charge in [-0.3, -0.25) is 9.20 Å². The van der Waals surface area contributed by atoms with Gasteiger partial charge >= 0.3 is 6.09 Å². The van der Waals surface area contributed by atoms with Crippen LogP contribution in [-0.2, 0) is 11.2 Å². The fourth-order valence-electron chi connectivity index (χ4n) is 4.03. The number of hydrogen-bond acceptors (Lipinski definition) is 7. The van der Waals surface area contributed by atoms with Crippen molar-refractivity contribution in [3.63, 3.8) is 0 Å². The first kappa shape index (κ1) is 22.8. The molecule has 9 nitrogen and oxygen atoms in total. The monoisotopic (exact) mass is 473 g/mol. The number of aromatic nitrogens is 4. The summed E-state index contributed by atoms with van der Waals surface area (Å²) in [6.07, 6.45) is 3.34. The van der Waals surface area contributed by atoms with E-state index < -0.39 is 5.60 Å². The molecular formula is C26H27N5O4. The van der Waals surface area contributed by atoms with E-state index in [0.717, 1.165) is 22.3 Å². The van der Waals surface area contributed by atoms with Crippen molar-refractivity contribution in [1.29, 1.82) is 0 Å². The van der Waals surface area contributed by atoms with Gasteiger partial charge < -0.3 is 14.2 Å². The number of ketones is 1. The highest BCUT2D eigenvalue weighted by Gasteiger charge is 2.37. The zero-order chi connectivity index (χ0) is 24.7. The predicted octanol–water partition coefficient (Wildman–Crippen LogP) is 4.45. The van der Waals surface area contributed by atoms with Gasteiger partial charge in [-0.1, -0.05) is 17.3 Å². The highest BCUT2D eigenvalue weighted by Crippen LogP contribution is 2.29. The molecule has 0 aliphatic carbocycles. The van der Waals surface area contributed by atoms with Crippen molar-refractivity contribution >= 4 is 17.5 Å². The van der Waals surface area contributed by atoms with Crippen LogP contribution in [0.2, 0.25) is 0 Å². The number of likely N-dealkylation sites (tertiary alicyclic amines) is 1. The first-order valence-electron chi connectivity index (χ1n) is 11.5. The fourth-order valence-corrected chi connectivity index (χ4v) is 4.03. The average Bonchev–Trinajstić information content (AvgIpc) is 3.40. The molecule has 0 unspecified atom stereocenters. The van der Waals surface area contributed by atoms with Crippen LogP contribution < -0.4 is 0 Å². The lowest BCUT2D eigenvalue weighted by Gasteiger charge is -2.38. The third-order valence-corrected chi connectivity index (χ3v) is 5.99. The van der Waals surface area contributed by atoms with Gasteiger partial charge in [0, 0.05) is 31.3 Å². The van der Waals surface area contributed by atoms with Crippen molar-refractivity contribution in [2.45, 2.75) is 45.6 Å². The molecule has 0 N–H and O–H groups in total. The maximum atomic E-state index is 13.0. The van der Waals surface area contributed by atoms with Crippen molar-refractivity contribution in [3.05, 3.63) is 71.4 Å². The Kier molecular flexibility index (Phi) is 5.62. The summed E-state index contributed by atoms with van der Waals surface area (Å²) >= 11 is 0. The summed E-state index contributed by atoms with van der Waals surface area (Å²) in [5.41, 5.74) is 3.39. The minimum atomic E-state index is -0.531. The topological polar surface area (TPSA) is 103 Å². The second kappa shape index (κ2) is 8.65. The summed E-state index contributed by atoms with van der Waals surface area (Å²) in [5, 5.41) is 4.13. The maximum Gasteiger partial charge on any atom is 0.410 e. The highest BCUT2D eigenvalue weighted by molar-refractivity contribution is 5.97. The van der Waals surface area contributed by atoms with Crippen LogP contribution in [0.3, 0.4) is 0 Å². The molecule has 1 fully saturated rings. The molecule has 0 spiro atoms. The number of rotatable bonds is 5. The van der Waals surface area contributed by atoms with Crippen LogP contribution in [0.4, 0.5) is 4.79 Å². The number of fused-ring (bicyclic) bond motifs is 1. The molecule has 9 heteroatoms. The van der Waals surface area contributed by atoms with Crippen molar-refractivity contribution in [1.82, 2.24) is 24.4 Å². The van der Waals surface area contributed by atoms with Crippen molar-refractivity contribution in [2.75, 3.05) is 13.1 Å². The van der Waals surface area contributed by atoms with Gasteiger partial charge in [0.15, 0.2) is 11.6 Å². The van der Waals surface area contributed by atoms with E-state index >= 15 is 0 Å². The Balaban J connectivity index is 1.28. The zero-order valence-electron chi connectivity index (χ0n) is 20.2. The summed E-state index contributed by atoms with van der Waals surface area (Å²) < 4.78 is 12.7. The van der Waals surface area contributed by atoms with Gasteiger partial charge in [0.2, 0.25) is 0 Å². The lowest BCUT2D eigenvalue weighted by Crippen LogP contribution is -2.50. The molecule has 1 aliphatic rings. The molecule has 1 aliphatic heterocycles. The lowest BCUT2D eigenvalue weighted by atomic mass is 9.99. The van der Waals surface area contributed by atoms with E-state index in [-0.39, 0.29) is 24.2 Å². The second-order valence-electron chi connectivity index (χ2n) is 9.85. The molecule has 0 saturated carbocycles. The number of Topliss-reactive ketones (excluding diaryl/α,β-unsaturated/α-hetero) is 1. The van der Waals surface area contributed by atoms with Gasteiger partial charge in [0.1, 0.15) is 16.9 Å². The summed E-state index contributed by atoms with van der Waals surface area (Å²) in [4.78, 5) is 35.7. The Labute approximate surface area is 202 Å². The number of pyridine rings is 1. The fraction of sp³-hybridized carbons (Fsp3) is 0.346. The van der Waals surface area contributed by atoms with E-state index in [0.29, 0.717) is 30.5 Å². The second-order valence-corrected chi connectivity index (χ2v) is 9.85. The number of nitrogens with zero attached hydrogens (tertiary/aromatic N) is 5. The summed E-state index contributed by atoms with van der Waals surface area (Å²) in [5.74, 6) is 0.927. The van der Waals surface area contributed by atoms with Gasteiger partial charge in [-0.2, -0.15) is 4.98 Å². The van der Waals surface area contributed by atoms with Gasteiger partial charge in [-0.15, -0.1) is 0 Å². The molecule has 35 heavy (non-hydrogen) atoms. The van der Waals surface area contributed by atoms with E-state index in [1.54, 1.807) is 15.5 Å². The smallest absolute Gasteiger partial charge is 0.410 e. The number of carbonyl (C=O) groups is 2. The summed E-state index contributed by atoms with van der Waals surface area (Å²) in [7, 11) is 0. The van der Waals surface area contributed by atoms with E-state index in [2.05, 4.69) is 15.1 Å². The molecule has 0 radical (unpaired) electrons. The molecule has 5 rings (SSSR count). The van der Waals surface area contributed by atoms with E-state index in [1.165, 1.54) is 0 Å². The third kappa shape index (κ3) is 4.66. The van der Waals surface area contributed by atoms with Crippen LogP contribution in [0.15, 0.2) is 53.3 Å². The minimum Gasteiger partial charge on any atom is -0.444 e. The van der Waals surface area contributed by atoms with Crippen LogP contribution in [0, 0.1) is 6.92 Å². The van der Waals surface area contributed by atoms with Crippen molar-refractivity contribution < 1.29 is 18.8 Å². The number of carbonyl (C=O) groups excluding carboxylic acids is 2. The molecule has 4 aromatic rings. The molecule has 180 valence electrons. The standard InChI is InChI=1S/C26H27N5O4/c1-16-8-9-17(11-18(16)12-21(32)20-13-27-22-7-5-6-10-31(20)22)24-28-23(29-35-24)19-14-30(15-19)25(33)34-26(2,3)4/h5-11,13,19H,12,14-15H2,1-4H3. The van der Waals surface area contributed by atoms with Crippen LogP contribution in [0.25, 0.3) is 17.1 Å². The molecule has 1 aromatic carbocycles. The highest BCUT2D eigenvalue weighted by atomic mass is 16.6. The molecular weight excluding hydrogens is 446 g/mol. The molecule has 1 amide bonds. The number of aryl methyl sites for hydroxylation is 1. The predicted molar refractivity (Wildman–Crippen MR) is 128 cm³/mol. The number of amides is 1. The minimum absolute atomic E-state index is 0.00154. The Morgan fingerprint density at radius 2 is 1.97 bits per heavy atom. The third-order valence-electron chi connectivity index (χ3n) is 5.99. The average molecular weight is 474 g/mol. The van der Waals surface area contributed by atoms with Gasteiger partial charge in [-0.05, 0) is 63.1 Å². The molecule has 4 heterocycles. The largest absolute Gasteiger partial charge is 0.444 e. The molecule has 0 atom stereocenters. The summed E-state index contributed by atoms with van der Waals surface area (Å²) in [6.45, 7) is 8.47. The van der Waals surface area contributed by atoms with Crippen molar-refractivity contribution in [3.8, 4) is 11.5 Å². The lowest BCUT2D eigenvalue weighted by molar-refractivity contribution is 0.00733. The van der Waals surface area contributed by atoms with E-state index in [4.69, 9.17) is 9.26 Å². The van der Waals surface area contributed by atoms with Gasteiger partial charge in [0.05, 0.1) is 12.1 Å². The van der Waals surface area contributed by atoms with E-state index in [9.17, 15) is 9.59 Å². The molecule has 1 saturated heterocycles. The molecule has 0 bridgehead atoms. The number of benzene rings is 1. The SMILES string of the molecule is Cc1ccc(-c2nc(C3CN(C(=O)OC(C)(C)C)C3)no2)cc1CC(=O)c1cnc2ccccn12. The number of ether oxygens (including phenoxy) is 1. The van der Waals surface area contributed by atoms with E-state index in [1.807, 2.05) is 70.3 Å². The first-order valence-corrected chi connectivity index (χ1v) is 11.5. The first-order chi connectivity index (χ1) is 16.7. The Morgan fingerprint density at radius 3 is 2.74 bits per heavy atom. The Morgan fingerprint density at radius 1 is 1.17 bits per heavy atom. The van der Waals surface area contributed by atoms with Crippen LogP contribution in [0.5, 0.6) is 0 Å². The Bertz CT molecular complexity index is 1410. The Hall–Kier alpha value is -4.01. The number of hydrogen-bond donors (Lipinski definition) is 0. The quantitative estimate of drug-likeness (QED) is 0.395. The van der Waals surface area contributed by atoms with Crippen LogP contribution in [-0.4, -0.2) is 55.0 Å². The summed E-state index contributed by atoms with van der Waals surface area (Å²) in [6, 6.07) is 11.4. The van der Waals surface area contributed by atoms with Crippen LogP contribution in [0.1, 0.15) is 54.1 Å². The van der Waals surface area contributed by atoms with Gasteiger partial charge in [0.25, 0.3) is 5.89 Å². The van der Waals surface area contributed by atoms with Crippen LogP contribution >= 0.6 is 0 Å². The maximum absolute atomic E-state index is 13.0. The zero-order valence-corrected chi connectivity index (χ0v) is 20.2.